The van der Waals surface area contributed by atoms with E-state index in [4.69, 9.17) is 4.74 Å². The van der Waals surface area contributed by atoms with Crippen LogP contribution in [0.5, 0.6) is 5.75 Å². The average molecular weight is 487 g/mol. The molecule has 5 nitrogen and oxygen atoms in total. The van der Waals surface area contributed by atoms with Crippen LogP contribution in [-0.4, -0.2) is 54.8 Å². The lowest BCUT2D eigenvalue weighted by Gasteiger charge is -2.42. The fraction of sp³-hybridized carbons (Fsp3) is 0.708. The van der Waals surface area contributed by atoms with Crippen molar-refractivity contribution in [1.29, 1.82) is 0 Å². The Labute approximate surface area is 197 Å². The van der Waals surface area contributed by atoms with Gasteiger partial charge in [0.1, 0.15) is 5.75 Å². The quantitative estimate of drug-likeness (QED) is 0.508. The predicted octanol–water partition coefficient (Wildman–Crippen LogP) is 5.27. The third kappa shape index (κ3) is 6.57. The van der Waals surface area contributed by atoms with Gasteiger partial charge in [0, 0.05) is 18.5 Å². The van der Waals surface area contributed by atoms with Crippen molar-refractivity contribution in [2.24, 2.45) is 5.92 Å². The van der Waals surface area contributed by atoms with Gasteiger partial charge in [0.05, 0.1) is 18.8 Å². The number of rotatable bonds is 8. The number of hydrogen-bond donors (Lipinski definition) is 1. The summed E-state index contributed by atoms with van der Waals surface area (Å²) in [5, 5.41) is 0. The maximum absolute atomic E-state index is 12.8. The van der Waals surface area contributed by atoms with Crippen molar-refractivity contribution in [3.8, 4) is 5.75 Å². The molecular formula is C24H33F3N2O3S. The van der Waals surface area contributed by atoms with Crippen LogP contribution in [0.3, 0.4) is 0 Å². The van der Waals surface area contributed by atoms with Crippen LogP contribution < -0.4 is 9.46 Å². The summed E-state index contributed by atoms with van der Waals surface area (Å²) >= 11 is 1.58. The number of carbonyl (C=O) groups excluding carboxylic acids is 1. The van der Waals surface area contributed by atoms with Crippen LogP contribution in [0.15, 0.2) is 24.3 Å². The Kier molecular flexibility index (Phi) is 8.12. The van der Waals surface area contributed by atoms with E-state index in [0.29, 0.717) is 12.2 Å². The maximum Gasteiger partial charge on any atom is 0.573 e. The van der Waals surface area contributed by atoms with Crippen LogP contribution in [0.4, 0.5) is 13.2 Å². The Bertz CT molecular complexity index is 795. The van der Waals surface area contributed by atoms with Gasteiger partial charge >= 0.3 is 6.36 Å². The second kappa shape index (κ2) is 10.9. The van der Waals surface area contributed by atoms with Crippen molar-refractivity contribution in [2.45, 2.75) is 81.8 Å². The minimum Gasteiger partial charge on any atom is -0.405 e. The fourth-order valence-corrected chi connectivity index (χ4v) is 5.78. The summed E-state index contributed by atoms with van der Waals surface area (Å²) in [6, 6.07) is 6.68. The number of nitrogens with zero attached hydrogens (tertiary/aromatic N) is 1. The molecule has 0 aromatic heterocycles. The van der Waals surface area contributed by atoms with E-state index in [1.807, 2.05) is 11.2 Å². The smallest absolute Gasteiger partial charge is 0.405 e. The number of alkyl halides is 3. The first kappa shape index (κ1) is 24.7. The van der Waals surface area contributed by atoms with Gasteiger partial charge in [-0.2, -0.15) is 0 Å². The largest absolute Gasteiger partial charge is 0.573 e. The Morgan fingerprint density at radius 3 is 2.52 bits per heavy atom. The monoisotopic (exact) mass is 486 g/mol. The van der Waals surface area contributed by atoms with E-state index in [1.54, 1.807) is 30.1 Å². The van der Waals surface area contributed by atoms with Crippen molar-refractivity contribution in [1.82, 2.24) is 9.62 Å². The molecule has 3 fully saturated rings. The number of nitrogens with one attached hydrogen (secondary N) is 1. The molecule has 2 aliphatic carbocycles. The molecule has 0 spiro atoms. The zero-order chi connectivity index (χ0) is 23.4. The van der Waals surface area contributed by atoms with Gasteiger partial charge in [0.2, 0.25) is 5.91 Å². The third-order valence-electron chi connectivity index (χ3n) is 7.02. The molecule has 3 aliphatic rings. The number of piperidine rings is 1. The van der Waals surface area contributed by atoms with Crippen molar-refractivity contribution in [3.63, 3.8) is 0 Å². The van der Waals surface area contributed by atoms with Crippen LogP contribution in [0, 0.1) is 5.92 Å². The van der Waals surface area contributed by atoms with Gasteiger partial charge in [-0.15, -0.1) is 13.2 Å². The number of likely N-dealkylation sites (tertiary alicyclic amines) is 1. The molecule has 4 rings (SSSR count). The minimum absolute atomic E-state index is 0.0249. The van der Waals surface area contributed by atoms with E-state index in [-0.39, 0.29) is 41.7 Å². The number of hydrogen-bond acceptors (Lipinski definition) is 5. The molecule has 1 unspecified atom stereocenters. The first-order valence-corrected chi connectivity index (χ1v) is 13.1. The lowest BCUT2D eigenvalue weighted by molar-refractivity contribution is -0.275. The zero-order valence-corrected chi connectivity index (χ0v) is 19.8. The molecule has 1 aromatic rings. The highest BCUT2D eigenvalue weighted by molar-refractivity contribution is 7.96. The SMILES string of the molecule is CSNC1CCCN(C(=O)C2CC2)[C@H]1COC1CCC(c2ccccc2OC(F)(F)F)CC1. The van der Waals surface area contributed by atoms with Crippen molar-refractivity contribution < 1.29 is 27.4 Å². The molecule has 9 heteroatoms. The van der Waals surface area contributed by atoms with Gasteiger partial charge < -0.3 is 14.4 Å². The Balaban J connectivity index is 1.33. The zero-order valence-electron chi connectivity index (χ0n) is 19.0. The lowest BCUT2D eigenvalue weighted by Crippen LogP contribution is -2.57. The van der Waals surface area contributed by atoms with Gasteiger partial charge in [-0.05, 0) is 75.2 Å². The topological polar surface area (TPSA) is 50.8 Å². The van der Waals surface area contributed by atoms with E-state index < -0.39 is 6.36 Å². The molecule has 1 amide bonds. The molecule has 1 N–H and O–H groups in total. The summed E-state index contributed by atoms with van der Waals surface area (Å²) in [6.45, 7) is 1.29. The number of amides is 1. The summed E-state index contributed by atoms with van der Waals surface area (Å²) in [5.74, 6) is 0.379. The molecule has 1 aliphatic heterocycles. The third-order valence-corrected chi connectivity index (χ3v) is 7.56. The number of benzene rings is 1. The number of carbonyl (C=O) groups is 1. The number of halogens is 3. The van der Waals surface area contributed by atoms with Gasteiger partial charge in [-0.1, -0.05) is 30.1 Å². The van der Waals surface area contributed by atoms with E-state index >= 15 is 0 Å². The molecule has 0 bridgehead atoms. The maximum atomic E-state index is 12.8. The predicted molar refractivity (Wildman–Crippen MR) is 122 cm³/mol. The van der Waals surface area contributed by atoms with E-state index in [1.165, 1.54) is 6.07 Å². The van der Waals surface area contributed by atoms with Crippen LogP contribution in [0.1, 0.15) is 62.8 Å². The lowest BCUT2D eigenvalue weighted by atomic mass is 9.82. The number of ether oxygens (including phenoxy) is 2. The summed E-state index contributed by atoms with van der Waals surface area (Å²) in [6.07, 6.45) is 4.46. The molecule has 1 aromatic carbocycles. The van der Waals surface area contributed by atoms with Crippen molar-refractivity contribution in [3.05, 3.63) is 29.8 Å². The first-order valence-electron chi connectivity index (χ1n) is 11.9. The number of para-hydroxylation sites is 1. The summed E-state index contributed by atoms with van der Waals surface area (Å²) in [5.41, 5.74) is 0.617. The van der Waals surface area contributed by atoms with Crippen LogP contribution >= 0.6 is 11.9 Å². The van der Waals surface area contributed by atoms with Gasteiger partial charge in [0.15, 0.2) is 0 Å². The van der Waals surface area contributed by atoms with Crippen molar-refractivity contribution >= 4 is 17.9 Å². The minimum atomic E-state index is -4.69. The molecule has 1 heterocycles. The molecule has 184 valence electrons. The molecule has 33 heavy (non-hydrogen) atoms. The Morgan fingerprint density at radius 1 is 1.12 bits per heavy atom. The standard InChI is InChI=1S/C24H33F3N2O3S/c1-33-28-20-6-4-14-29(23(30)17-8-9-17)21(20)15-31-18-12-10-16(11-13-18)19-5-2-3-7-22(19)32-24(25,26)27/h2-3,5,7,16-18,20-21,28H,4,6,8-15H2,1H3/t16?,18?,20?,21-/m0/s1. The molecule has 2 atom stereocenters. The first-order chi connectivity index (χ1) is 15.9. The molecule has 2 saturated carbocycles. The van der Waals surface area contributed by atoms with Crippen molar-refractivity contribution in [2.75, 3.05) is 19.4 Å². The van der Waals surface area contributed by atoms with Gasteiger partial charge in [0.25, 0.3) is 0 Å². The Hall–Kier alpha value is -1.45. The summed E-state index contributed by atoms with van der Waals surface area (Å²) < 4.78 is 52.4. The van der Waals surface area contributed by atoms with E-state index in [9.17, 15) is 18.0 Å². The van der Waals surface area contributed by atoms with E-state index in [0.717, 1.165) is 57.9 Å². The van der Waals surface area contributed by atoms with Gasteiger partial charge in [-0.3, -0.25) is 9.52 Å². The van der Waals surface area contributed by atoms with Crippen LogP contribution in [0.2, 0.25) is 0 Å². The van der Waals surface area contributed by atoms with Crippen LogP contribution in [0.25, 0.3) is 0 Å². The normalized spacial score (nSPS) is 28.5. The van der Waals surface area contributed by atoms with E-state index in [2.05, 4.69) is 9.46 Å². The highest BCUT2D eigenvalue weighted by Gasteiger charge is 2.41. The highest BCUT2D eigenvalue weighted by atomic mass is 32.2. The molecular weight excluding hydrogens is 453 g/mol. The molecule has 0 radical (unpaired) electrons. The fourth-order valence-electron chi connectivity index (χ4n) is 5.20. The second-order valence-corrected chi connectivity index (χ2v) is 9.98. The second-order valence-electron chi connectivity index (χ2n) is 9.34. The average Bonchev–Trinajstić information content (AvgIpc) is 3.63. The summed E-state index contributed by atoms with van der Waals surface area (Å²) in [4.78, 5) is 14.9. The highest BCUT2D eigenvalue weighted by Crippen LogP contribution is 2.40. The van der Waals surface area contributed by atoms with Crippen LogP contribution in [-0.2, 0) is 9.53 Å². The van der Waals surface area contributed by atoms with Gasteiger partial charge in [-0.25, -0.2) is 0 Å². The summed E-state index contributed by atoms with van der Waals surface area (Å²) in [7, 11) is 0. The Morgan fingerprint density at radius 2 is 1.85 bits per heavy atom. The molecule has 1 saturated heterocycles.